The van der Waals surface area contributed by atoms with Crippen molar-refractivity contribution in [2.45, 2.75) is 19.9 Å². The summed E-state index contributed by atoms with van der Waals surface area (Å²) in [6, 6.07) is 5.39. The number of ether oxygens (including phenoxy) is 1. The van der Waals surface area contributed by atoms with Crippen LogP contribution in [0, 0.1) is 5.92 Å². The summed E-state index contributed by atoms with van der Waals surface area (Å²) < 4.78 is 11.0. The summed E-state index contributed by atoms with van der Waals surface area (Å²) in [4.78, 5) is 0. The van der Waals surface area contributed by atoms with E-state index in [1.807, 2.05) is 12.1 Å². The molecule has 1 aromatic carbocycles. The number of halogens is 1. The van der Waals surface area contributed by atoms with Crippen molar-refractivity contribution in [2.75, 3.05) is 7.11 Å². The Labute approximate surface area is 105 Å². The Morgan fingerprint density at radius 2 is 2.00 bits per heavy atom. The highest BCUT2D eigenvalue weighted by Gasteiger charge is 2.17. The maximum atomic E-state index is 6.06. The number of hydrogen-bond donors (Lipinski definition) is 1. The van der Waals surface area contributed by atoms with Crippen molar-refractivity contribution in [3.05, 3.63) is 29.0 Å². The maximum absolute atomic E-state index is 6.06. The zero-order valence-electron chi connectivity index (χ0n) is 10.2. The van der Waals surface area contributed by atoms with Crippen molar-refractivity contribution < 1.29 is 9.15 Å². The molecule has 0 aliphatic carbocycles. The van der Waals surface area contributed by atoms with Gasteiger partial charge in [0, 0.05) is 16.5 Å². The summed E-state index contributed by atoms with van der Waals surface area (Å²) in [5.74, 6) is 1.71. The second kappa shape index (κ2) is 4.59. The molecule has 1 atom stereocenters. The molecule has 1 aromatic heterocycles. The van der Waals surface area contributed by atoms with E-state index in [1.165, 1.54) is 0 Å². The predicted octanol–water partition coefficient (Wildman–Crippen LogP) is 3.75. The van der Waals surface area contributed by atoms with Gasteiger partial charge < -0.3 is 14.9 Å². The third-order valence-electron chi connectivity index (χ3n) is 2.83. The molecule has 1 heterocycles. The molecule has 92 valence electrons. The second-order valence-corrected chi connectivity index (χ2v) is 4.88. The monoisotopic (exact) mass is 253 g/mol. The van der Waals surface area contributed by atoms with Gasteiger partial charge in [0.1, 0.15) is 5.76 Å². The van der Waals surface area contributed by atoms with Gasteiger partial charge >= 0.3 is 0 Å². The van der Waals surface area contributed by atoms with E-state index in [0.29, 0.717) is 22.3 Å². The Bertz CT molecular complexity index is 533. The molecule has 0 amide bonds. The van der Waals surface area contributed by atoms with E-state index in [4.69, 9.17) is 26.5 Å². The van der Waals surface area contributed by atoms with E-state index in [2.05, 4.69) is 13.8 Å². The molecule has 0 saturated carbocycles. The van der Waals surface area contributed by atoms with Gasteiger partial charge in [-0.1, -0.05) is 25.4 Å². The molecular formula is C13H16ClNO2. The number of methoxy groups -OCH3 is 1. The van der Waals surface area contributed by atoms with Crippen LogP contribution < -0.4 is 10.5 Å². The predicted molar refractivity (Wildman–Crippen MR) is 69.5 cm³/mol. The van der Waals surface area contributed by atoms with E-state index in [9.17, 15) is 0 Å². The van der Waals surface area contributed by atoms with E-state index in [1.54, 1.807) is 13.2 Å². The van der Waals surface area contributed by atoms with Crippen LogP contribution in [0.3, 0.4) is 0 Å². The third kappa shape index (κ3) is 2.26. The smallest absolute Gasteiger partial charge is 0.176 e. The normalized spacial score (nSPS) is 13.3. The first-order valence-electron chi connectivity index (χ1n) is 5.55. The molecular weight excluding hydrogens is 238 g/mol. The molecule has 1 unspecified atom stereocenters. The van der Waals surface area contributed by atoms with E-state index in [-0.39, 0.29) is 6.04 Å². The number of fused-ring (bicyclic) bond motifs is 1. The summed E-state index contributed by atoms with van der Waals surface area (Å²) in [5, 5.41) is 1.54. The van der Waals surface area contributed by atoms with Gasteiger partial charge in [-0.15, -0.1) is 0 Å². The number of benzene rings is 1. The highest BCUT2D eigenvalue weighted by Crippen LogP contribution is 2.34. The minimum Gasteiger partial charge on any atom is -0.493 e. The average Bonchev–Trinajstić information content (AvgIpc) is 2.69. The van der Waals surface area contributed by atoms with Crippen molar-refractivity contribution in [1.82, 2.24) is 0 Å². The van der Waals surface area contributed by atoms with E-state index in [0.717, 1.165) is 11.1 Å². The van der Waals surface area contributed by atoms with Crippen LogP contribution in [0.4, 0.5) is 0 Å². The van der Waals surface area contributed by atoms with Gasteiger partial charge in [0.05, 0.1) is 13.2 Å². The molecule has 0 saturated heterocycles. The van der Waals surface area contributed by atoms with Crippen LogP contribution in [-0.4, -0.2) is 7.11 Å². The number of hydrogen-bond acceptors (Lipinski definition) is 3. The Kier molecular flexibility index (Phi) is 3.31. The highest BCUT2D eigenvalue weighted by molar-refractivity contribution is 6.31. The second-order valence-electron chi connectivity index (χ2n) is 4.44. The first-order chi connectivity index (χ1) is 8.02. The van der Waals surface area contributed by atoms with Crippen molar-refractivity contribution in [3.63, 3.8) is 0 Å². The third-order valence-corrected chi connectivity index (χ3v) is 3.05. The summed E-state index contributed by atoms with van der Waals surface area (Å²) >= 11 is 6.00. The largest absolute Gasteiger partial charge is 0.493 e. The van der Waals surface area contributed by atoms with E-state index < -0.39 is 0 Å². The van der Waals surface area contributed by atoms with Gasteiger partial charge in [0.25, 0.3) is 0 Å². The minimum atomic E-state index is -0.120. The lowest BCUT2D eigenvalue weighted by Crippen LogP contribution is -2.15. The van der Waals surface area contributed by atoms with Crippen molar-refractivity contribution in [1.29, 1.82) is 0 Å². The van der Waals surface area contributed by atoms with Crippen molar-refractivity contribution in [2.24, 2.45) is 11.7 Å². The summed E-state index contributed by atoms with van der Waals surface area (Å²) in [7, 11) is 1.59. The minimum absolute atomic E-state index is 0.120. The Morgan fingerprint density at radius 3 is 2.59 bits per heavy atom. The van der Waals surface area contributed by atoms with Crippen LogP contribution in [0.1, 0.15) is 25.6 Å². The fourth-order valence-corrected chi connectivity index (χ4v) is 1.97. The Hall–Kier alpha value is -1.19. The average molecular weight is 254 g/mol. The molecule has 2 aromatic rings. The lowest BCUT2D eigenvalue weighted by atomic mass is 10.0. The molecule has 3 nitrogen and oxygen atoms in total. The van der Waals surface area contributed by atoms with Crippen LogP contribution in [0.5, 0.6) is 5.75 Å². The lowest BCUT2D eigenvalue weighted by Gasteiger charge is -2.11. The van der Waals surface area contributed by atoms with Crippen LogP contribution in [0.2, 0.25) is 5.02 Å². The van der Waals surface area contributed by atoms with Crippen molar-refractivity contribution >= 4 is 22.6 Å². The van der Waals surface area contributed by atoms with Gasteiger partial charge in [0.2, 0.25) is 0 Å². The SMILES string of the molecule is COc1cc(Cl)cc2cc(C(N)C(C)C)oc12. The molecule has 0 bridgehead atoms. The molecule has 2 rings (SSSR count). The number of rotatable bonds is 3. The fraction of sp³-hybridized carbons (Fsp3) is 0.385. The molecule has 0 radical (unpaired) electrons. The van der Waals surface area contributed by atoms with Gasteiger partial charge in [-0.3, -0.25) is 0 Å². The van der Waals surface area contributed by atoms with Crippen LogP contribution in [-0.2, 0) is 0 Å². The van der Waals surface area contributed by atoms with Crippen LogP contribution in [0.25, 0.3) is 11.0 Å². The first-order valence-corrected chi connectivity index (χ1v) is 5.93. The van der Waals surface area contributed by atoms with Crippen LogP contribution >= 0.6 is 11.6 Å². The number of furan rings is 1. The number of nitrogens with two attached hydrogens (primary N) is 1. The summed E-state index contributed by atoms with van der Waals surface area (Å²) in [6.07, 6.45) is 0. The standard InChI is InChI=1S/C13H16ClNO2/c1-7(2)12(15)10-5-8-4-9(14)6-11(16-3)13(8)17-10/h4-7,12H,15H2,1-3H3. The summed E-state index contributed by atoms with van der Waals surface area (Å²) in [6.45, 7) is 4.12. The molecule has 0 aliphatic heterocycles. The first kappa shape index (κ1) is 12.3. The van der Waals surface area contributed by atoms with Gasteiger partial charge in [-0.2, -0.15) is 0 Å². The molecule has 17 heavy (non-hydrogen) atoms. The van der Waals surface area contributed by atoms with Gasteiger partial charge in [-0.25, -0.2) is 0 Å². The topological polar surface area (TPSA) is 48.4 Å². The van der Waals surface area contributed by atoms with Gasteiger partial charge in [-0.05, 0) is 18.1 Å². The molecule has 2 N–H and O–H groups in total. The molecule has 0 spiro atoms. The zero-order chi connectivity index (χ0) is 12.6. The summed E-state index contributed by atoms with van der Waals surface area (Å²) in [5.41, 5.74) is 6.76. The van der Waals surface area contributed by atoms with Gasteiger partial charge in [0.15, 0.2) is 11.3 Å². The molecule has 0 fully saturated rings. The fourth-order valence-electron chi connectivity index (χ4n) is 1.75. The zero-order valence-corrected chi connectivity index (χ0v) is 10.9. The lowest BCUT2D eigenvalue weighted by molar-refractivity contribution is 0.391. The van der Waals surface area contributed by atoms with E-state index >= 15 is 0 Å². The van der Waals surface area contributed by atoms with Crippen LogP contribution in [0.15, 0.2) is 22.6 Å². The van der Waals surface area contributed by atoms with Crippen molar-refractivity contribution in [3.8, 4) is 5.75 Å². The Morgan fingerprint density at radius 1 is 1.29 bits per heavy atom. The maximum Gasteiger partial charge on any atom is 0.176 e. The Balaban J connectivity index is 2.57. The molecule has 0 aliphatic rings. The quantitative estimate of drug-likeness (QED) is 0.906. The molecule has 4 heteroatoms. The highest BCUT2D eigenvalue weighted by atomic mass is 35.5.